The molecule has 3 heteroatoms. The third-order valence-electron chi connectivity index (χ3n) is 5.28. The van der Waals surface area contributed by atoms with Crippen molar-refractivity contribution in [2.24, 2.45) is 17.8 Å². The van der Waals surface area contributed by atoms with E-state index in [4.69, 9.17) is 0 Å². The number of aromatic amines is 1. The van der Waals surface area contributed by atoms with E-state index >= 15 is 0 Å². The summed E-state index contributed by atoms with van der Waals surface area (Å²) in [6.07, 6.45) is 7.62. The highest BCUT2D eigenvalue weighted by atomic mass is 19.1. The molecule has 3 unspecified atom stereocenters. The van der Waals surface area contributed by atoms with Crippen molar-refractivity contribution in [3.8, 4) is 0 Å². The van der Waals surface area contributed by atoms with Gasteiger partial charge in [-0.2, -0.15) is 0 Å². The molecule has 0 saturated heterocycles. The summed E-state index contributed by atoms with van der Waals surface area (Å²) in [5.41, 5.74) is 1.43. The van der Waals surface area contributed by atoms with Crippen LogP contribution in [-0.2, 0) is 0 Å². The summed E-state index contributed by atoms with van der Waals surface area (Å²) in [5.74, 6) is 2.15. The van der Waals surface area contributed by atoms with E-state index in [9.17, 15) is 9.18 Å². The van der Waals surface area contributed by atoms with E-state index in [1.165, 1.54) is 37.8 Å². The fraction of sp³-hybridized carbons (Fsp3) is 0.471. The molecular weight excluding hydrogens is 253 g/mol. The summed E-state index contributed by atoms with van der Waals surface area (Å²) in [4.78, 5) is 15.5. The summed E-state index contributed by atoms with van der Waals surface area (Å²) in [5, 5.41) is 0.847. The van der Waals surface area contributed by atoms with Crippen molar-refractivity contribution in [3.63, 3.8) is 0 Å². The predicted molar refractivity (Wildman–Crippen MR) is 76.1 cm³/mol. The summed E-state index contributed by atoms with van der Waals surface area (Å²) in [7, 11) is 0. The minimum absolute atomic E-state index is 0.209. The van der Waals surface area contributed by atoms with Crippen molar-refractivity contribution in [2.45, 2.75) is 32.1 Å². The van der Waals surface area contributed by atoms with Crippen LogP contribution in [0, 0.1) is 23.6 Å². The van der Waals surface area contributed by atoms with Gasteiger partial charge < -0.3 is 4.98 Å². The molecule has 104 valence electrons. The standard InChI is InChI=1S/C17H18FNO/c18-13-3-4-14-15(9-19-16(14)8-13)17(20)7-12-6-10-1-2-11(12)5-10/h3-4,8-12,19H,1-2,5-7H2. The quantitative estimate of drug-likeness (QED) is 0.829. The minimum Gasteiger partial charge on any atom is -0.360 e. The Morgan fingerprint density at radius 1 is 1.30 bits per heavy atom. The molecule has 20 heavy (non-hydrogen) atoms. The lowest BCUT2D eigenvalue weighted by Gasteiger charge is -2.20. The zero-order valence-corrected chi connectivity index (χ0v) is 11.4. The molecule has 1 aromatic carbocycles. The lowest BCUT2D eigenvalue weighted by atomic mass is 9.84. The number of carbonyl (C=O) groups is 1. The molecule has 2 saturated carbocycles. The molecule has 0 amide bonds. The molecule has 1 aromatic heterocycles. The van der Waals surface area contributed by atoms with E-state index in [0.717, 1.165) is 22.8 Å². The third-order valence-corrected chi connectivity index (χ3v) is 5.28. The van der Waals surface area contributed by atoms with Crippen LogP contribution in [0.2, 0.25) is 0 Å². The van der Waals surface area contributed by atoms with Gasteiger partial charge in [-0.05, 0) is 55.2 Å². The number of benzene rings is 1. The van der Waals surface area contributed by atoms with Crippen molar-refractivity contribution in [1.82, 2.24) is 4.98 Å². The molecule has 2 aliphatic rings. The lowest BCUT2D eigenvalue weighted by molar-refractivity contribution is 0.0946. The average molecular weight is 271 g/mol. The number of hydrogen-bond donors (Lipinski definition) is 1. The molecule has 2 bridgehead atoms. The Morgan fingerprint density at radius 2 is 2.20 bits per heavy atom. The van der Waals surface area contributed by atoms with Gasteiger partial charge in [0.15, 0.2) is 5.78 Å². The maximum Gasteiger partial charge on any atom is 0.165 e. The van der Waals surface area contributed by atoms with Gasteiger partial charge in [-0.3, -0.25) is 4.79 Å². The van der Waals surface area contributed by atoms with E-state index in [1.54, 1.807) is 12.3 Å². The van der Waals surface area contributed by atoms with Gasteiger partial charge in [0.2, 0.25) is 0 Å². The van der Waals surface area contributed by atoms with Gasteiger partial charge in [0, 0.05) is 29.1 Å². The number of carbonyl (C=O) groups excluding carboxylic acids is 1. The molecule has 0 aliphatic heterocycles. The van der Waals surface area contributed by atoms with E-state index in [1.807, 2.05) is 0 Å². The number of H-pyrrole nitrogens is 1. The van der Waals surface area contributed by atoms with Crippen LogP contribution in [0.3, 0.4) is 0 Å². The molecule has 0 spiro atoms. The second-order valence-electron chi connectivity index (χ2n) is 6.45. The number of aromatic nitrogens is 1. The molecule has 0 radical (unpaired) electrons. The predicted octanol–water partition coefficient (Wildman–Crippen LogP) is 4.32. The number of nitrogens with one attached hydrogen (secondary N) is 1. The van der Waals surface area contributed by atoms with E-state index in [0.29, 0.717) is 17.9 Å². The molecular formula is C17H18FNO. The first-order valence-corrected chi connectivity index (χ1v) is 7.50. The van der Waals surface area contributed by atoms with E-state index in [2.05, 4.69) is 4.98 Å². The van der Waals surface area contributed by atoms with Crippen LogP contribution in [0.15, 0.2) is 24.4 Å². The number of halogens is 1. The van der Waals surface area contributed by atoms with Crippen molar-refractivity contribution < 1.29 is 9.18 Å². The largest absolute Gasteiger partial charge is 0.360 e. The fourth-order valence-electron chi connectivity index (χ4n) is 4.30. The van der Waals surface area contributed by atoms with Gasteiger partial charge in [-0.25, -0.2) is 4.39 Å². The summed E-state index contributed by atoms with van der Waals surface area (Å²) >= 11 is 0. The Hall–Kier alpha value is -1.64. The number of hydrogen-bond acceptors (Lipinski definition) is 1. The molecule has 1 heterocycles. The fourth-order valence-corrected chi connectivity index (χ4v) is 4.30. The minimum atomic E-state index is -0.272. The van der Waals surface area contributed by atoms with Crippen molar-refractivity contribution in [3.05, 3.63) is 35.8 Å². The van der Waals surface area contributed by atoms with Gasteiger partial charge in [-0.1, -0.05) is 6.42 Å². The van der Waals surface area contributed by atoms with Crippen LogP contribution < -0.4 is 0 Å². The Balaban J connectivity index is 1.58. The molecule has 2 aromatic rings. The van der Waals surface area contributed by atoms with Gasteiger partial charge in [0.25, 0.3) is 0 Å². The molecule has 1 N–H and O–H groups in total. The van der Waals surface area contributed by atoms with Crippen LogP contribution in [0.4, 0.5) is 4.39 Å². The highest BCUT2D eigenvalue weighted by Crippen LogP contribution is 2.49. The third kappa shape index (κ3) is 1.88. The first-order valence-electron chi connectivity index (χ1n) is 7.50. The number of fused-ring (bicyclic) bond motifs is 3. The Morgan fingerprint density at radius 3 is 2.95 bits per heavy atom. The smallest absolute Gasteiger partial charge is 0.165 e. The Bertz CT molecular complexity index is 675. The van der Waals surface area contributed by atoms with Gasteiger partial charge in [0.05, 0.1) is 0 Å². The highest BCUT2D eigenvalue weighted by Gasteiger charge is 2.40. The summed E-state index contributed by atoms with van der Waals surface area (Å²) in [6, 6.07) is 4.57. The summed E-state index contributed by atoms with van der Waals surface area (Å²) in [6.45, 7) is 0. The molecule has 2 nitrogen and oxygen atoms in total. The van der Waals surface area contributed by atoms with Crippen molar-refractivity contribution in [1.29, 1.82) is 0 Å². The SMILES string of the molecule is O=C(CC1CC2CCC1C2)c1c[nH]c2cc(F)ccc12. The van der Waals surface area contributed by atoms with Crippen LogP contribution in [-0.4, -0.2) is 10.8 Å². The van der Waals surface area contributed by atoms with Crippen molar-refractivity contribution >= 4 is 16.7 Å². The van der Waals surface area contributed by atoms with Crippen molar-refractivity contribution in [2.75, 3.05) is 0 Å². The van der Waals surface area contributed by atoms with Crippen LogP contribution in [0.25, 0.3) is 10.9 Å². The molecule has 3 atom stereocenters. The summed E-state index contributed by atoms with van der Waals surface area (Å²) < 4.78 is 13.2. The molecule has 2 fully saturated rings. The highest BCUT2D eigenvalue weighted by molar-refractivity contribution is 6.07. The Labute approximate surface area is 117 Å². The van der Waals surface area contributed by atoms with E-state index in [-0.39, 0.29) is 11.6 Å². The second-order valence-corrected chi connectivity index (χ2v) is 6.45. The molecule has 4 rings (SSSR count). The number of rotatable bonds is 3. The normalized spacial score (nSPS) is 28.4. The van der Waals surface area contributed by atoms with E-state index < -0.39 is 0 Å². The second kappa shape index (κ2) is 4.44. The Kier molecular flexibility index (Phi) is 2.69. The maximum absolute atomic E-state index is 13.2. The van der Waals surface area contributed by atoms with Crippen LogP contribution in [0.1, 0.15) is 42.5 Å². The topological polar surface area (TPSA) is 32.9 Å². The van der Waals surface area contributed by atoms with Crippen LogP contribution in [0.5, 0.6) is 0 Å². The maximum atomic E-state index is 13.2. The number of Topliss-reactive ketones (excluding diaryl/α,β-unsaturated/α-hetero) is 1. The zero-order valence-electron chi connectivity index (χ0n) is 11.4. The van der Waals surface area contributed by atoms with Gasteiger partial charge in [-0.15, -0.1) is 0 Å². The first-order chi connectivity index (χ1) is 9.70. The monoisotopic (exact) mass is 271 g/mol. The zero-order chi connectivity index (χ0) is 13.7. The van der Waals surface area contributed by atoms with Crippen LogP contribution >= 0.6 is 0 Å². The first kappa shape index (κ1) is 12.1. The van der Waals surface area contributed by atoms with Gasteiger partial charge >= 0.3 is 0 Å². The molecule has 2 aliphatic carbocycles. The lowest BCUT2D eigenvalue weighted by Crippen LogP contribution is -2.15. The van der Waals surface area contributed by atoms with Gasteiger partial charge in [0.1, 0.15) is 5.82 Å². The number of ketones is 1. The average Bonchev–Trinajstić information content (AvgIpc) is 3.11.